The second-order valence-electron chi connectivity index (χ2n) is 7.00. The third kappa shape index (κ3) is 5.52. The molecule has 8 nitrogen and oxygen atoms in total. The van der Waals surface area contributed by atoms with Crippen molar-refractivity contribution in [2.24, 2.45) is 11.8 Å². The highest BCUT2D eigenvalue weighted by Crippen LogP contribution is 2.34. The molecular formula is C19H26O8S. The molecular weight excluding hydrogens is 388 g/mol. The molecule has 0 amide bonds. The van der Waals surface area contributed by atoms with Crippen molar-refractivity contribution in [2.75, 3.05) is 6.61 Å². The molecule has 1 saturated heterocycles. The highest BCUT2D eigenvalue weighted by atomic mass is 32.2. The summed E-state index contributed by atoms with van der Waals surface area (Å²) in [5, 5.41) is 0. The highest BCUT2D eigenvalue weighted by Gasteiger charge is 2.45. The van der Waals surface area contributed by atoms with Gasteiger partial charge in [-0.1, -0.05) is 31.5 Å². The third-order valence-corrected chi connectivity index (χ3v) is 6.03. The van der Waals surface area contributed by atoms with Gasteiger partial charge in [-0.25, -0.2) is 0 Å². The van der Waals surface area contributed by atoms with Crippen LogP contribution in [0.5, 0.6) is 0 Å². The number of hydrogen-bond donors (Lipinski definition) is 0. The largest absolute Gasteiger partial charge is 0.459 e. The lowest BCUT2D eigenvalue weighted by Crippen LogP contribution is -2.53. The third-order valence-electron chi connectivity index (χ3n) is 4.73. The maximum Gasteiger partial charge on any atom is 0.304 e. The van der Waals surface area contributed by atoms with Gasteiger partial charge in [0.2, 0.25) is 6.29 Å². The van der Waals surface area contributed by atoms with Crippen LogP contribution in [0.1, 0.15) is 33.3 Å². The van der Waals surface area contributed by atoms with E-state index in [0.717, 1.165) is 5.56 Å². The van der Waals surface area contributed by atoms with E-state index in [4.69, 9.17) is 18.4 Å². The Hall–Kier alpha value is -1.97. The second kappa shape index (κ2) is 9.02. The van der Waals surface area contributed by atoms with Crippen molar-refractivity contribution >= 4 is 22.1 Å². The molecule has 1 heterocycles. The van der Waals surface area contributed by atoms with E-state index in [9.17, 15) is 18.0 Å². The number of aryl methyl sites for hydroxylation is 1. The zero-order valence-electron chi connectivity index (χ0n) is 16.6. The van der Waals surface area contributed by atoms with E-state index in [0.29, 0.717) is 0 Å². The molecule has 0 unspecified atom stereocenters. The molecule has 1 aliphatic heterocycles. The van der Waals surface area contributed by atoms with Crippen molar-refractivity contribution < 1.29 is 36.4 Å². The lowest BCUT2D eigenvalue weighted by molar-refractivity contribution is -0.263. The van der Waals surface area contributed by atoms with Crippen LogP contribution in [0.25, 0.3) is 0 Å². The first-order valence-electron chi connectivity index (χ1n) is 8.97. The van der Waals surface area contributed by atoms with Gasteiger partial charge in [0.05, 0.1) is 11.5 Å². The van der Waals surface area contributed by atoms with Crippen LogP contribution < -0.4 is 0 Å². The van der Waals surface area contributed by atoms with Gasteiger partial charge >= 0.3 is 11.9 Å². The number of carbonyl (C=O) groups is 2. The number of rotatable bonds is 6. The molecule has 9 heteroatoms. The van der Waals surface area contributed by atoms with Gasteiger partial charge in [-0.05, 0) is 19.1 Å². The van der Waals surface area contributed by atoms with Crippen LogP contribution in [0.15, 0.2) is 29.2 Å². The Morgan fingerprint density at radius 2 is 1.57 bits per heavy atom. The van der Waals surface area contributed by atoms with Gasteiger partial charge in [0.1, 0.15) is 12.2 Å². The van der Waals surface area contributed by atoms with Crippen LogP contribution in [-0.4, -0.2) is 45.5 Å². The summed E-state index contributed by atoms with van der Waals surface area (Å²) in [4.78, 5) is 22.9. The predicted octanol–water partition coefficient (Wildman–Crippen LogP) is 2.19. The van der Waals surface area contributed by atoms with Crippen molar-refractivity contribution in [3.63, 3.8) is 0 Å². The minimum absolute atomic E-state index is 0.0101. The molecule has 0 aromatic heterocycles. The van der Waals surface area contributed by atoms with Crippen LogP contribution in [0.3, 0.4) is 0 Å². The van der Waals surface area contributed by atoms with Crippen LogP contribution in [0.2, 0.25) is 0 Å². The Morgan fingerprint density at radius 1 is 1.00 bits per heavy atom. The smallest absolute Gasteiger partial charge is 0.304 e. The van der Waals surface area contributed by atoms with Gasteiger partial charge < -0.3 is 14.2 Å². The Bertz CT molecular complexity index is 802. The Kier molecular flexibility index (Phi) is 7.19. The number of ether oxygens (including phenoxy) is 3. The molecule has 0 bridgehead atoms. The number of esters is 2. The average molecular weight is 414 g/mol. The molecule has 0 aliphatic carbocycles. The molecule has 0 spiro atoms. The highest BCUT2D eigenvalue weighted by molar-refractivity contribution is 7.86. The molecule has 0 N–H and O–H groups in total. The summed E-state index contributed by atoms with van der Waals surface area (Å²) in [5.74, 6) is -1.57. The van der Waals surface area contributed by atoms with E-state index in [-0.39, 0.29) is 23.3 Å². The van der Waals surface area contributed by atoms with Crippen molar-refractivity contribution in [3.8, 4) is 0 Å². The number of hydrogen-bond acceptors (Lipinski definition) is 8. The fourth-order valence-corrected chi connectivity index (χ4v) is 3.92. The Morgan fingerprint density at radius 3 is 2.11 bits per heavy atom. The summed E-state index contributed by atoms with van der Waals surface area (Å²) in [6.45, 7) is 7.59. The van der Waals surface area contributed by atoms with Crippen molar-refractivity contribution in [3.05, 3.63) is 29.8 Å². The van der Waals surface area contributed by atoms with Gasteiger partial charge in [0.25, 0.3) is 10.1 Å². The number of benzene rings is 1. The topological polar surface area (TPSA) is 105 Å². The molecule has 1 fully saturated rings. The molecule has 2 rings (SSSR count). The average Bonchev–Trinajstić information content (AvgIpc) is 2.60. The summed E-state index contributed by atoms with van der Waals surface area (Å²) in [6, 6.07) is 6.22. The molecule has 1 aromatic carbocycles. The first kappa shape index (κ1) is 22.3. The summed E-state index contributed by atoms with van der Waals surface area (Å²) >= 11 is 0. The minimum Gasteiger partial charge on any atom is -0.459 e. The minimum atomic E-state index is -4.03. The Balaban J connectivity index is 2.18. The van der Waals surface area contributed by atoms with Gasteiger partial charge in [-0.3, -0.25) is 13.8 Å². The zero-order chi connectivity index (χ0) is 21.1. The molecule has 0 saturated carbocycles. The van der Waals surface area contributed by atoms with Gasteiger partial charge in [0.15, 0.2) is 0 Å². The molecule has 1 aliphatic rings. The fourth-order valence-electron chi connectivity index (χ4n) is 3.00. The number of carbonyl (C=O) groups excluding carboxylic acids is 2. The molecule has 0 radical (unpaired) electrons. The molecule has 28 heavy (non-hydrogen) atoms. The predicted molar refractivity (Wildman–Crippen MR) is 98.6 cm³/mol. The zero-order valence-corrected chi connectivity index (χ0v) is 17.4. The normalized spacial score (nSPS) is 27.8. The second-order valence-corrected chi connectivity index (χ2v) is 8.61. The summed E-state index contributed by atoms with van der Waals surface area (Å²) in [6.07, 6.45) is -2.55. The fraction of sp³-hybridized carbons (Fsp3) is 0.579. The lowest BCUT2D eigenvalue weighted by Gasteiger charge is -2.42. The van der Waals surface area contributed by atoms with E-state index in [1.165, 1.54) is 26.0 Å². The van der Waals surface area contributed by atoms with E-state index < -0.39 is 40.6 Å². The van der Waals surface area contributed by atoms with Crippen LogP contribution in [-0.2, 0) is 38.1 Å². The summed E-state index contributed by atoms with van der Waals surface area (Å²) in [7, 11) is -4.03. The standard InChI is InChI=1S/C19H26O8S/c1-11-6-8-16(9-7-11)28(22,23)24-10-17-18(25-14(4)20)12(2)13(3)19(27-17)26-15(5)21/h6-9,12-13,17-19H,10H2,1-5H3/t12-,13-,17-,18-,19-/m1/s1. The first-order chi connectivity index (χ1) is 13.0. The molecule has 156 valence electrons. The maximum absolute atomic E-state index is 12.4. The van der Waals surface area contributed by atoms with Crippen LogP contribution in [0.4, 0.5) is 0 Å². The van der Waals surface area contributed by atoms with Crippen molar-refractivity contribution in [1.29, 1.82) is 0 Å². The van der Waals surface area contributed by atoms with Crippen molar-refractivity contribution in [2.45, 2.75) is 58.0 Å². The van der Waals surface area contributed by atoms with Crippen LogP contribution in [0, 0.1) is 18.8 Å². The quantitative estimate of drug-likeness (QED) is 0.515. The molecule has 1 aromatic rings. The van der Waals surface area contributed by atoms with Gasteiger partial charge in [-0.15, -0.1) is 0 Å². The SMILES string of the molecule is CC(=O)O[C@@H]1O[C@H](COS(=O)(=O)c2ccc(C)cc2)[C@H](OC(C)=O)[C@H](C)[C@H]1C. The summed E-state index contributed by atoms with van der Waals surface area (Å²) in [5.41, 5.74) is 0.913. The van der Waals surface area contributed by atoms with E-state index >= 15 is 0 Å². The first-order valence-corrected chi connectivity index (χ1v) is 10.4. The van der Waals surface area contributed by atoms with E-state index in [1.807, 2.05) is 13.8 Å². The Labute approximate surface area is 165 Å². The van der Waals surface area contributed by atoms with Crippen molar-refractivity contribution in [1.82, 2.24) is 0 Å². The van der Waals surface area contributed by atoms with Crippen LogP contribution >= 0.6 is 0 Å². The molecule has 5 atom stereocenters. The van der Waals surface area contributed by atoms with E-state index in [2.05, 4.69) is 0 Å². The van der Waals surface area contributed by atoms with Gasteiger partial charge in [0, 0.05) is 25.7 Å². The lowest BCUT2D eigenvalue weighted by atomic mass is 9.84. The van der Waals surface area contributed by atoms with Gasteiger partial charge in [-0.2, -0.15) is 8.42 Å². The maximum atomic E-state index is 12.4. The monoisotopic (exact) mass is 414 g/mol. The summed E-state index contributed by atoms with van der Waals surface area (Å²) < 4.78 is 46.3. The van der Waals surface area contributed by atoms with E-state index in [1.54, 1.807) is 19.1 Å².